The number of fused-ring (bicyclic) bond motifs is 1. The normalized spacial score (nSPS) is 15.9. The smallest absolute Gasteiger partial charge is 0.248 e. The van der Waals surface area contributed by atoms with E-state index in [0.29, 0.717) is 12.3 Å². The number of H-pyrrole nitrogens is 1. The van der Waals surface area contributed by atoms with E-state index in [0.717, 1.165) is 43.5 Å². The Morgan fingerprint density at radius 2 is 1.81 bits per heavy atom. The van der Waals surface area contributed by atoms with Crippen LogP contribution in [0.25, 0.3) is 10.9 Å². The summed E-state index contributed by atoms with van der Waals surface area (Å²) in [6, 6.07) is 17.7. The van der Waals surface area contributed by atoms with Gasteiger partial charge in [0.2, 0.25) is 5.56 Å². The first-order valence-electron chi connectivity index (χ1n) is 11.1. The number of aromatic amines is 1. The molecule has 0 saturated carbocycles. The molecule has 31 heavy (non-hydrogen) atoms. The zero-order chi connectivity index (χ0) is 21.6. The van der Waals surface area contributed by atoms with Crippen LogP contribution in [-0.2, 0) is 6.42 Å². The molecule has 1 aliphatic heterocycles. The number of ether oxygens (including phenoxy) is 1. The molecule has 164 valence electrons. The Kier molecular flexibility index (Phi) is 6.89. The minimum Gasteiger partial charge on any atom is -0.491 e. The molecule has 6 heteroatoms. The number of nitrogens with one attached hydrogen (secondary N) is 1. The standard InChI is InChI=1S/C25H31N3O3/c1-2-3-19-4-7-21(8-5-19)28-14-12-27(13-15-28)17-22(29)18-31-23-9-10-24-20(16-23)6-11-25(30)26-24/h4-11,16,22,29H,2-3,12-15,17-18H2,1H3,(H,26,30). The molecule has 1 fully saturated rings. The molecule has 0 spiro atoms. The maximum absolute atomic E-state index is 11.4. The van der Waals surface area contributed by atoms with Gasteiger partial charge in [-0.1, -0.05) is 25.5 Å². The number of hydrogen-bond donors (Lipinski definition) is 2. The van der Waals surface area contributed by atoms with Gasteiger partial charge in [0, 0.05) is 55.4 Å². The van der Waals surface area contributed by atoms with Gasteiger partial charge in [0.25, 0.3) is 0 Å². The highest BCUT2D eigenvalue weighted by molar-refractivity contribution is 5.79. The second kappa shape index (κ2) is 9.98. The van der Waals surface area contributed by atoms with Crippen molar-refractivity contribution in [2.45, 2.75) is 25.9 Å². The first kappa shape index (κ1) is 21.4. The number of nitrogens with zero attached hydrogens (tertiary/aromatic N) is 2. The average Bonchev–Trinajstić information content (AvgIpc) is 2.79. The van der Waals surface area contributed by atoms with Crippen LogP contribution in [0.2, 0.25) is 0 Å². The molecule has 1 aromatic heterocycles. The molecule has 6 nitrogen and oxygen atoms in total. The molecule has 2 aromatic carbocycles. The topological polar surface area (TPSA) is 68.8 Å². The van der Waals surface area contributed by atoms with Crippen molar-refractivity contribution in [2.75, 3.05) is 44.2 Å². The van der Waals surface area contributed by atoms with Gasteiger partial charge in [-0.25, -0.2) is 0 Å². The molecule has 2 N–H and O–H groups in total. The molecule has 3 aromatic rings. The average molecular weight is 422 g/mol. The molecule has 2 heterocycles. The van der Waals surface area contributed by atoms with Gasteiger partial charge in [0.15, 0.2) is 0 Å². The number of benzene rings is 2. The lowest BCUT2D eigenvalue weighted by Crippen LogP contribution is -2.49. The maximum Gasteiger partial charge on any atom is 0.248 e. The van der Waals surface area contributed by atoms with Crippen LogP contribution in [0.1, 0.15) is 18.9 Å². The van der Waals surface area contributed by atoms with Crippen LogP contribution in [0.15, 0.2) is 59.4 Å². The number of piperazine rings is 1. The van der Waals surface area contributed by atoms with Crippen molar-refractivity contribution in [3.05, 3.63) is 70.5 Å². The number of hydrogen-bond acceptors (Lipinski definition) is 5. The summed E-state index contributed by atoms with van der Waals surface area (Å²) < 4.78 is 5.79. The number of pyridine rings is 1. The number of rotatable bonds is 8. The van der Waals surface area contributed by atoms with Gasteiger partial charge in [-0.2, -0.15) is 0 Å². The lowest BCUT2D eigenvalue weighted by atomic mass is 10.1. The number of aliphatic hydroxyl groups is 1. The van der Waals surface area contributed by atoms with E-state index in [9.17, 15) is 9.90 Å². The summed E-state index contributed by atoms with van der Waals surface area (Å²) in [6.07, 6.45) is 1.75. The lowest BCUT2D eigenvalue weighted by molar-refractivity contribution is 0.0663. The van der Waals surface area contributed by atoms with E-state index in [1.165, 1.54) is 23.7 Å². The lowest BCUT2D eigenvalue weighted by Gasteiger charge is -2.37. The van der Waals surface area contributed by atoms with Crippen molar-refractivity contribution >= 4 is 16.6 Å². The van der Waals surface area contributed by atoms with E-state index in [4.69, 9.17) is 4.74 Å². The third-order valence-corrected chi connectivity index (χ3v) is 5.82. The minimum atomic E-state index is -0.550. The Balaban J connectivity index is 1.23. The van der Waals surface area contributed by atoms with Gasteiger partial charge >= 0.3 is 0 Å². The van der Waals surface area contributed by atoms with E-state index in [2.05, 4.69) is 46.0 Å². The summed E-state index contributed by atoms with van der Waals surface area (Å²) in [4.78, 5) is 18.9. The third kappa shape index (κ3) is 5.66. The molecule has 1 aliphatic rings. The molecule has 4 rings (SSSR count). The number of anilines is 1. The van der Waals surface area contributed by atoms with Crippen molar-refractivity contribution in [3.8, 4) is 5.75 Å². The van der Waals surface area contributed by atoms with E-state index in [-0.39, 0.29) is 12.2 Å². The van der Waals surface area contributed by atoms with E-state index in [1.807, 2.05) is 18.2 Å². The second-order valence-electron chi connectivity index (χ2n) is 8.24. The first-order valence-corrected chi connectivity index (χ1v) is 11.1. The highest BCUT2D eigenvalue weighted by Crippen LogP contribution is 2.20. The van der Waals surface area contributed by atoms with Gasteiger partial charge in [-0.15, -0.1) is 0 Å². The summed E-state index contributed by atoms with van der Waals surface area (Å²) in [7, 11) is 0. The van der Waals surface area contributed by atoms with Crippen LogP contribution in [0, 0.1) is 0 Å². The van der Waals surface area contributed by atoms with Crippen molar-refractivity contribution in [1.29, 1.82) is 0 Å². The van der Waals surface area contributed by atoms with E-state index < -0.39 is 6.10 Å². The maximum atomic E-state index is 11.4. The van der Waals surface area contributed by atoms with Crippen LogP contribution in [-0.4, -0.2) is 60.4 Å². The predicted molar refractivity (Wildman–Crippen MR) is 125 cm³/mol. The quantitative estimate of drug-likeness (QED) is 0.585. The van der Waals surface area contributed by atoms with Crippen LogP contribution < -0.4 is 15.2 Å². The highest BCUT2D eigenvalue weighted by atomic mass is 16.5. The Morgan fingerprint density at radius 1 is 1.03 bits per heavy atom. The molecular weight excluding hydrogens is 390 g/mol. The molecular formula is C25H31N3O3. The summed E-state index contributed by atoms with van der Waals surface area (Å²) in [5, 5.41) is 11.4. The third-order valence-electron chi connectivity index (χ3n) is 5.82. The van der Waals surface area contributed by atoms with Crippen LogP contribution in [0.3, 0.4) is 0 Å². The fraction of sp³-hybridized carbons (Fsp3) is 0.400. The van der Waals surface area contributed by atoms with Gasteiger partial charge in [-0.3, -0.25) is 9.69 Å². The van der Waals surface area contributed by atoms with Crippen LogP contribution >= 0.6 is 0 Å². The minimum absolute atomic E-state index is 0.120. The van der Waals surface area contributed by atoms with Gasteiger partial charge in [0.05, 0.1) is 0 Å². The molecule has 0 radical (unpaired) electrons. The molecule has 1 saturated heterocycles. The number of aliphatic hydroxyl groups excluding tert-OH is 1. The Hall–Kier alpha value is -2.83. The first-order chi connectivity index (χ1) is 15.1. The number of β-amino-alcohol motifs (C(OH)–C–C–N with tert-alkyl or cyclic N) is 1. The summed E-state index contributed by atoms with van der Waals surface area (Å²) in [5.74, 6) is 0.690. The Bertz CT molecular complexity index is 1040. The fourth-order valence-corrected chi connectivity index (χ4v) is 4.12. The van der Waals surface area contributed by atoms with Gasteiger partial charge < -0.3 is 19.7 Å². The zero-order valence-corrected chi connectivity index (χ0v) is 18.1. The Labute approximate surface area is 183 Å². The molecule has 0 aliphatic carbocycles. The molecule has 1 atom stereocenters. The van der Waals surface area contributed by atoms with E-state index in [1.54, 1.807) is 6.07 Å². The largest absolute Gasteiger partial charge is 0.491 e. The Morgan fingerprint density at radius 3 is 2.55 bits per heavy atom. The van der Waals surface area contributed by atoms with E-state index >= 15 is 0 Å². The summed E-state index contributed by atoms with van der Waals surface area (Å²) >= 11 is 0. The van der Waals surface area contributed by atoms with Gasteiger partial charge in [-0.05, 0) is 48.4 Å². The number of aryl methyl sites for hydroxylation is 1. The van der Waals surface area contributed by atoms with Crippen molar-refractivity contribution in [2.24, 2.45) is 0 Å². The molecule has 0 bridgehead atoms. The zero-order valence-electron chi connectivity index (χ0n) is 18.1. The van der Waals surface area contributed by atoms with Crippen LogP contribution in [0.5, 0.6) is 5.75 Å². The molecule has 1 unspecified atom stereocenters. The summed E-state index contributed by atoms with van der Waals surface area (Å²) in [6.45, 7) is 6.83. The summed E-state index contributed by atoms with van der Waals surface area (Å²) in [5.41, 5.74) is 3.33. The fourth-order valence-electron chi connectivity index (χ4n) is 4.12. The monoisotopic (exact) mass is 421 g/mol. The van der Waals surface area contributed by atoms with Crippen molar-refractivity contribution in [3.63, 3.8) is 0 Å². The predicted octanol–water partition coefficient (Wildman–Crippen LogP) is 3.04. The number of aromatic nitrogens is 1. The van der Waals surface area contributed by atoms with Gasteiger partial charge in [0.1, 0.15) is 18.5 Å². The second-order valence-corrected chi connectivity index (χ2v) is 8.24. The molecule has 0 amide bonds. The highest BCUT2D eigenvalue weighted by Gasteiger charge is 2.20. The SMILES string of the molecule is CCCc1ccc(N2CCN(CC(O)COc3ccc4[nH]c(=O)ccc4c3)CC2)cc1. The van der Waals surface area contributed by atoms with Crippen molar-refractivity contribution < 1.29 is 9.84 Å². The van der Waals surface area contributed by atoms with Crippen molar-refractivity contribution in [1.82, 2.24) is 9.88 Å². The van der Waals surface area contributed by atoms with Crippen LogP contribution in [0.4, 0.5) is 5.69 Å².